The minimum atomic E-state index is -4.36. The number of benzene rings is 2. The molecule has 0 spiro atoms. The van der Waals surface area contributed by atoms with Gasteiger partial charge in [0.1, 0.15) is 0 Å². The molecule has 0 radical (unpaired) electrons. The van der Waals surface area contributed by atoms with Crippen LogP contribution >= 0.6 is 0 Å². The van der Waals surface area contributed by atoms with Crippen molar-refractivity contribution in [1.82, 2.24) is 20.2 Å². The average molecular weight is 333 g/mol. The summed E-state index contributed by atoms with van der Waals surface area (Å²) in [5.41, 5.74) is 8.15. The number of nitrogens with zero attached hydrogens (tertiary/aromatic N) is 4. The smallest absolute Gasteiger partial charge is 0.399 e. The van der Waals surface area contributed by atoms with Gasteiger partial charge in [-0.3, -0.25) is 0 Å². The molecule has 0 atom stereocenters. The van der Waals surface area contributed by atoms with Gasteiger partial charge in [0.2, 0.25) is 5.82 Å². The predicted octanol–water partition coefficient (Wildman–Crippen LogP) is 3.30. The van der Waals surface area contributed by atoms with E-state index in [0.717, 1.165) is 23.3 Å². The Kier molecular flexibility index (Phi) is 3.96. The van der Waals surface area contributed by atoms with Crippen LogP contribution in [0.25, 0.3) is 11.4 Å². The molecule has 1 aromatic heterocycles. The maximum absolute atomic E-state index is 12.6. The van der Waals surface area contributed by atoms with Crippen LogP contribution in [-0.4, -0.2) is 20.2 Å². The van der Waals surface area contributed by atoms with Crippen molar-refractivity contribution >= 4 is 5.69 Å². The number of alkyl halides is 3. The van der Waals surface area contributed by atoms with Crippen molar-refractivity contribution in [2.75, 3.05) is 5.73 Å². The van der Waals surface area contributed by atoms with E-state index in [4.69, 9.17) is 5.73 Å². The third kappa shape index (κ3) is 3.37. The molecule has 0 saturated carbocycles. The molecule has 0 fully saturated rings. The molecule has 2 aromatic carbocycles. The minimum absolute atomic E-state index is 0.274. The summed E-state index contributed by atoms with van der Waals surface area (Å²) in [6, 6.07) is 10.3. The maximum atomic E-state index is 12.6. The molecule has 0 bridgehead atoms. The molecule has 3 rings (SSSR count). The van der Waals surface area contributed by atoms with Crippen LogP contribution in [0.1, 0.15) is 16.7 Å². The second-order valence-electron chi connectivity index (χ2n) is 5.41. The summed E-state index contributed by atoms with van der Waals surface area (Å²) in [5.74, 6) is 0.274. The van der Waals surface area contributed by atoms with Crippen molar-refractivity contribution in [3.63, 3.8) is 0 Å². The maximum Gasteiger partial charge on any atom is 0.416 e. The van der Waals surface area contributed by atoms with Gasteiger partial charge in [-0.2, -0.15) is 18.0 Å². The Bertz CT molecular complexity index is 853. The number of hydrogen-bond donors (Lipinski definition) is 1. The highest BCUT2D eigenvalue weighted by Gasteiger charge is 2.30. The Morgan fingerprint density at radius 2 is 1.79 bits per heavy atom. The largest absolute Gasteiger partial charge is 0.416 e. The van der Waals surface area contributed by atoms with Gasteiger partial charge in [-0.25, -0.2) is 0 Å². The SMILES string of the molecule is Cc1cc(Cn2nnc(-c3ccc(C(F)(F)F)cc3)n2)ccc1N. The number of nitrogen functional groups attached to an aromatic ring is 1. The van der Waals surface area contributed by atoms with E-state index in [1.54, 1.807) is 6.07 Å². The van der Waals surface area contributed by atoms with Gasteiger partial charge < -0.3 is 5.73 Å². The molecule has 124 valence electrons. The first kappa shape index (κ1) is 16.0. The highest BCUT2D eigenvalue weighted by Crippen LogP contribution is 2.30. The number of anilines is 1. The molecule has 8 heteroatoms. The second-order valence-corrected chi connectivity index (χ2v) is 5.41. The monoisotopic (exact) mass is 333 g/mol. The summed E-state index contributed by atoms with van der Waals surface area (Å²) in [4.78, 5) is 1.39. The molecule has 5 nitrogen and oxygen atoms in total. The molecule has 0 amide bonds. The lowest BCUT2D eigenvalue weighted by molar-refractivity contribution is -0.137. The van der Waals surface area contributed by atoms with Crippen molar-refractivity contribution in [1.29, 1.82) is 0 Å². The quantitative estimate of drug-likeness (QED) is 0.747. The molecule has 0 unspecified atom stereocenters. The van der Waals surface area contributed by atoms with E-state index in [1.165, 1.54) is 16.9 Å². The highest BCUT2D eigenvalue weighted by atomic mass is 19.4. The van der Waals surface area contributed by atoms with Gasteiger partial charge in [0, 0.05) is 11.3 Å². The third-order valence-electron chi connectivity index (χ3n) is 3.58. The van der Waals surface area contributed by atoms with Gasteiger partial charge in [0.15, 0.2) is 0 Å². The van der Waals surface area contributed by atoms with Gasteiger partial charge >= 0.3 is 6.18 Å². The summed E-state index contributed by atoms with van der Waals surface area (Å²) in [7, 11) is 0. The summed E-state index contributed by atoms with van der Waals surface area (Å²) < 4.78 is 37.7. The van der Waals surface area contributed by atoms with Crippen molar-refractivity contribution in [3.05, 3.63) is 59.2 Å². The molecule has 0 saturated heterocycles. The number of nitrogens with two attached hydrogens (primary N) is 1. The topological polar surface area (TPSA) is 69.6 Å². The van der Waals surface area contributed by atoms with Crippen molar-refractivity contribution < 1.29 is 13.2 Å². The number of rotatable bonds is 3. The Morgan fingerprint density at radius 3 is 2.42 bits per heavy atom. The Labute approximate surface area is 135 Å². The third-order valence-corrected chi connectivity index (χ3v) is 3.58. The number of aryl methyl sites for hydroxylation is 1. The normalized spacial score (nSPS) is 11.7. The lowest BCUT2D eigenvalue weighted by atomic mass is 10.1. The number of tetrazole rings is 1. The van der Waals surface area contributed by atoms with Crippen LogP contribution in [0.2, 0.25) is 0 Å². The van der Waals surface area contributed by atoms with Crippen molar-refractivity contribution in [3.8, 4) is 11.4 Å². The lowest BCUT2D eigenvalue weighted by Crippen LogP contribution is -2.05. The van der Waals surface area contributed by atoms with Crippen molar-refractivity contribution in [2.24, 2.45) is 0 Å². The molecule has 3 aromatic rings. The van der Waals surface area contributed by atoms with Gasteiger partial charge in [-0.1, -0.05) is 24.3 Å². The molecule has 0 aliphatic heterocycles. The molecule has 0 aliphatic rings. The number of aromatic nitrogens is 4. The van der Waals surface area contributed by atoms with E-state index in [1.807, 2.05) is 19.1 Å². The van der Waals surface area contributed by atoms with E-state index >= 15 is 0 Å². The van der Waals surface area contributed by atoms with Gasteiger partial charge in [-0.05, 0) is 41.5 Å². The van der Waals surface area contributed by atoms with E-state index < -0.39 is 11.7 Å². The molecular weight excluding hydrogens is 319 g/mol. The van der Waals surface area contributed by atoms with E-state index in [-0.39, 0.29) is 5.82 Å². The molecule has 0 aliphatic carbocycles. The highest BCUT2D eigenvalue weighted by molar-refractivity contribution is 5.54. The zero-order valence-electron chi connectivity index (χ0n) is 12.7. The molecule has 24 heavy (non-hydrogen) atoms. The number of hydrogen-bond acceptors (Lipinski definition) is 4. The van der Waals surface area contributed by atoms with Crippen molar-refractivity contribution in [2.45, 2.75) is 19.6 Å². The van der Waals surface area contributed by atoms with Crippen LogP contribution in [0.3, 0.4) is 0 Å². The van der Waals surface area contributed by atoms with Gasteiger partial charge in [-0.15, -0.1) is 10.2 Å². The number of halogens is 3. The summed E-state index contributed by atoms with van der Waals surface area (Å²) in [6.07, 6.45) is -4.36. The summed E-state index contributed by atoms with van der Waals surface area (Å²) in [5, 5.41) is 12.0. The fourth-order valence-corrected chi connectivity index (χ4v) is 2.23. The van der Waals surface area contributed by atoms with E-state index in [9.17, 15) is 13.2 Å². The molecule has 2 N–H and O–H groups in total. The average Bonchev–Trinajstić information content (AvgIpc) is 2.99. The first-order valence-corrected chi connectivity index (χ1v) is 7.13. The minimum Gasteiger partial charge on any atom is -0.399 e. The van der Waals surface area contributed by atoms with Gasteiger partial charge in [0.25, 0.3) is 0 Å². The fraction of sp³-hybridized carbons (Fsp3) is 0.188. The van der Waals surface area contributed by atoms with Crippen LogP contribution in [0.15, 0.2) is 42.5 Å². The standard InChI is InChI=1S/C16H14F3N5/c1-10-8-11(2-7-14(10)20)9-24-22-15(21-23-24)12-3-5-13(6-4-12)16(17,18)19/h2-8H,9,20H2,1H3. The summed E-state index contributed by atoms with van der Waals surface area (Å²) in [6.45, 7) is 2.30. The zero-order chi connectivity index (χ0) is 17.3. The first-order chi connectivity index (χ1) is 11.3. The van der Waals surface area contributed by atoms with Gasteiger partial charge in [0.05, 0.1) is 12.1 Å². The molecule has 1 heterocycles. The zero-order valence-corrected chi connectivity index (χ0v) is 12.7. The fourth-order valence-electron chi connectivity index (χ4n) is 2.23. The second kappa shape index (κ2) is 5.95. The van der Waals surface area contributed by atoms with E-state index in [0.29, 0.717) is 17.8 Å². The summed E-state index contributed by atoms with van der Waals surface area (Å²) >= 11 is 0. The van der Waals surface area contributed by atoms with Crippen LogP contribution in [0.5, 0.6) is 0 Å². The molecular formula is C16H14F3N5. The first-order valence-electron chi connectivity index (χ1n) is 7.13. The van der Waals surface area contributed by atoms with Crippen LogP contribution in [-0.2, 0) is 12.7 Å². The lowest BCUT2D eigenvalue weighted by Gasteiger charge is -2.06. The Balaban J connectivity index is 1.79. The predicted molar refractivity (Wildman–Crippen MR) is 82.9 cm³/mol. The van der Waals surface area contributed by atoms with Crippen LogP contribution in [0, 0.1) is 6.92 Å². The van der Waals surface area contributed by atoms with Crippen LogP contribution in [0.4, 0.5) is 18.9 Å². The Morgan fingerprint density at radius 1 is 1.08 bits per heavy atom. The Hall–Kier alpha value is -2.90. The van der Waals surface area contributed by atoms with E-state index in [2.05, 4.69) is 15.4 Å². The van der Waals surface area contributed by atoms with Crippen LogP contribution < -0.4 is 5.73 Å².